The van der Waals surface area contributed by atoms with Crippen LogP contribution in [0.4, 0.5) is 0 Å². The third kappa shape index (κ3) is 3.56. The molecule has 0 saturated heterocycles. The maximum Gasteiger partial charge on any atom is 0.287 e. The van der Waals surface area contributed by atoms with Gasteiger partial charge in [-0.3, -0.25) is 4.79 Å². The molecule has 0 aliphatic carbocycles. The molecule has 1 heterocycles. The van der Waals surface area contributed by atoms with Gasteiger partial charge in [0, 0.05) is 25.1 Å². The molecule has 0 bridgehead atoms. The summed E-state index contributed by atoms with van der Waals surface area (Å²) in [6.07, 6.45) is 0.666. The molecule has 0 radical (unpaired) electrons. The second kappa shape index (κ2) is 6.36. The van der Waals surface area contributed by atoms with E-state index in [2.05, 4.69) is 5.32 Å². The highest BCUT2D eigenvalue weighted by atomic mass is 16.5. The van der Waals surface area contributed by atoms with E-state index in [1.807, 2.05) is 24.3 Å². The first-order valence-electron chi connectivity index (χ1n) is 6.22. The highest BCUT2D eigenvalue weighted by Gasteiger charge is 2.11. The van der Waals surface area contributed by atoms with E-state index in [0.717, 1.165) is 5.39 Å². The molecule has 5 heteroatoms. The number of furan rings is 1. The minimum atomic E-state index is -0.221. The van der Waals surface area contributed by atoms with Crippen molar-refractivity contribution >= 4 is 16.9 Å². The largest absolute Gasteiger partial charge is 0.451 e. The Morgan fingerprint density at radius 1 is 1.47 bits per heavy atom. The lowest BCUT2D eigenvalue weighted by Crippen LogP contribution is -2.32. The van der Waals surface area contributed by atoms with Crippen molar-refractivity contribution in [2.45, 2.75) is 12.5 Å². The predicted molar refractivity (Wildman–Crippen MR) is 73.0 cm³/mol. The summed E-state index contributed by atoms with van der Waals surface area (Å²) in [4.78, 5) is 11.9. The van der Waals surface area contributed by atoms with E-state index in [1.165, 1.54) is 0 Å². The molecule has 0 aliphatic rings. The van der Waals surface area contributed by atoms with Gasteiger partial charge in [-0.2, -0.15) is 0 Å². The number of hydrogen-bond donors (Lipinski definition) is 2. The van der Waals surface area contributed by atoms with Gasteiger partial charge in [0.15, 0.2) is 5.76 Å². The average molecular weight is 262 g/mol. The zero-order valence-corrected chi connectivity index (χ0v) is 10.9. The van der Waals surface area contributed by atoms with Gasteiger partial charge < -0.3 is 20.2 Å². The standard InChI is InChI=1S/C14H18N2O3/c1-18-9-11(15)6-7-16-14(17)13-8-10-4-2-3-5-12(10)19-13/h2-5,8,11H,6-7,9,15H2,1H3,(H,16,17). The summed E-state index contributed by atoms with van der Waals surface area (Å²) in [7, 11) is 1.60. The predicted octanol–water partition coefficient (Wildman–Crippen LogP) is 1.53. The van der Waals surface area contributed by atoms with Gasteiger partial charge >= 0.3 is 0 Å². The lowest BCUT2D eigenvalue weighted by atomic mass is 10.2. The van der Waals surface area contributed by atoms with Gasteiger partial charge in [-0.25, -0.2) is 0 Å². The lowest BCUT2D eigenvalue weighted by Gasteiger charge is -2.10. The van der Waals surface area contributed by atoms with Crippen molar-refractivity contribution in [1.29, 1.82) is 0 Å². The van der Waals surface area contributed by atoms with Gasteiger partial charge in [0.1, 0.15) is 5.58 Å². The van der Waals surface area contributed by atoms with Crippen LogP contribution in [0.15, 0.2) is 34.7 Å². The van der Waals surface area contributed by atoms with Crippen molar-refractivity contribution in [3.8, 4) is 0 Å². The van der Waals surface area contributed by atoms with Crippen molar-refractivity contribution in [1.82, 2.24) is 5.32 Å². The monoisotopic (exact) mass is 262 g/mol. The van der Waals surface area contributed by atoms with Crippen LogP contribution in [0, 0.1) is 0 Å². The zero-order chi connectivity index (χ0) is 13.7. The molecular weight excluding hydrogens is 244 g/mol. The lowest BCUT2D eigenvalue weighted by molar-refractivity contribution is 0.0924. The minimum absolute atomic E-state index is 0.0685. The summed E-state index contributed by atoms with van der Waals surface area (Å²) in [5.41, 5.74) is 6.48. The molecule has 0 saturated carbocycles. The fraction of sp³-hybridized carbons (Fsp3) is 0.357. The van der Waals surface area contributed by atoms with Crippen LogP contribution in [0.25, 0.3) is 11.0 Å². The maximum absolute atomic E-state index is 11.9. The first kappa shape index (κ1) is 13.6. The number of ether oxygens (including phenoxy) is 1. The van der Waals surface area contributed by atoms with E-state index >= 15 is 0 Å². The molecule has 0 fully saturated rings. The molecule has 19 heavy (non-hydrogen) atoms. The van der Waals surface area contributed by atoms with Gasteiger partial charge in [0.05, 0.1) is 6.61 Å². The third-order valence-corrected chi connectivity index (χ3v) is 2.83. The summed E-state index contributed by atoms with van der Waals surface area (Å²) in [5, 5.41) is 3.70. The van der Waals surface area contributed by atoms with Crippen LogP contribution in [0.5, 0.6) is 0 Å². The highest BCUT2D eigenvalue weighted by molar-refractivity contribution is 5.95. The Hall–Kier alpha value is -1.85. The number of para-hydroxylation sites is 1. The third-order valence-electron chi connectivity index (χ3n) is 2.83. The zero-order valence-electron chi connectivity index (χ0n) is 10.9. The quantitative estimate of drug-likeness (QED) is 0.827. The molecule has 1 aromatic carbocycles. The van der Waals surface area contributed by atoms with E-state index in [9.17, 15) is 4.79 Å². The number of fused-ring (bicyclic) bond motifs is 1. The van der Waals surface area contributed by atoms with Crippen molar-refractivity contribution in [2.24, 2.45) is 5.73 Å². The van der Waals surface area contributed by atoms with E-state index in [1.54, 1.807) is 13.2 Å². The fourth-order valence-electron chi connectivity index (χ4n) is 1.85. The Labute approximate surface area is 111 Å². The van der Waals surface area contributed by atoms with Crippen molar-refractivity contribution in [3.63, 3.8) is 0 Å². The first-order chi connectivity index (χ1) is 9.20. The van der Waals surface area contributed by atoms with Crippen LogP contribution in [0.2, 0.25) is 0 Å². The Bertz CT molecular complexity index is 517. The smallest absolute Gasteiger partial charge is 0.287 e. The number of carbonyl (C=O) groups excluding carboxylic acids is 1. The minimum Gasteiger partial charge on any atom is -0.451 e. The van der Waals surface area contributed by atoms with Crippen LogP contribution in [-0.2, 0) is 4.74 Å². The van der Waals surface area contributed by atoms with Crippen molar-refractivity contribution in [2.75, 3.05) is 20.3 Å². The van der Waals surface area contributed by atoms with Crippen LogP contribution >= 0.6 is 0 Å². The molecule has 1 unspecified atom stereocenters. The molecule has 102 valence electrons. The van der Waals surface area contributed by atoms with E-state index in [4.69, 9.17) is 14.9 Å². The summed E-state index contributed by atoms with van der Waals surface area (Å²) >= 11 is 0. The van der Waals surface area contributed by atoms with Gasteiger partial charge in [0.2, 0.25) is 0 Å². The second-order valence-corrected chi connectivity index (χ2v) is 4.41. The van der Waals surface area contributed by atoms with Gasteiger partial charge in [0.25, 0.3) is 5.91 Å². The Kier molecular flexibility index (Phi) is 4.54. The molecule has 0 aliphatic heterocycles. The average Bonchev–Trinajstić information content (AvgIpc) is 2.82. The summed E-state index contributed by atoms with van der Waals surface area (Å²) in [6.45, 7) is 0.987. The molecule has 3 N–H and O–H groups in total. The maximum atomic E-state index is 11.9. The Balaban J connectivity index is 1.89. The Morgan fingerprint density at radius 3 is 3.00 bits per heavy atom. The van der Waals surface area contributed by atoms with Gasteiger partial charge in [-0.05, 0) is 18.6 Å². The number of rotatable bonds is 6. The van der Waals surface area contributed by atoms with E-state index < -0.39 is 0 Å². The van der Waals surface area contributed by atoms with Crippen LogP contribution in [-0.4, -0.2) is 32.2 Å². The SMILES string of the molecule is COCC(N)CCNC(=O)c1cc2ccccc2o1. The van der Waals surface area contributed by atoms with Crippen molar-refractivity contribution in [3.05, 3.63) is 36.1 Å². The van der Waals surface area contributed by atoms with Crippen LogP contribution in [0.1, 0.15) is 17.0 Å². The Morgan fingerprint density at radius 2 is 2.26 bits per heavy atom. The number of methoxy groups -OCH3 is 1. The summed E-state index contributed by atoms with van der Waals surface area (Å²) in [6, 6.07) is 9.19. The molecule has 2 rings (SSSR count). The number of nitrogens with one attached hydrogen (secondary N) is 1. The molecule has 5 nitrogen and oxygen atoms in total. The number of carbonyl (C=O) groups is 1. The molecule has 2 aromatic rings. The second-order valence-electron chi connectivity index (χ2n) is 4.41. The number of nitrogens with two attached hydrogens (primary N) is 1. The van der Waals surface area contributed by atoms with E-state index in [0.29, 0.717) is 30.9 Å². The number of hydrogen-bond acceptors (Lipinski definition) is 4. The van der Waals surface area contributed by atoms with Crippen LogP contribution in [0.3, 0.4) is 0 Å². The fourth-order valence-corrected chi connectivity index (χ4v) is 1.85. The van der Waals surface area contributed by atoms with Crippen LogP contribution < -0.4 is 11.1 Å². The van der Waals surface area contributed by atoms with Crippen molar-refractivity contribution < 1.29 is 13.9 Å². The normalized spacial score (nSPS) is 12.5. The number of amides is 1. The summed E-state index contributed by atoms with van der Waals surface area (Å²) in [5.74, 6) is 0.0994. The molecule has 0 spiro atoms. The van der Waals surface area contributed by atoms with E-state index in [-0.39, 0.29) is 11.9 Å². The highest BCUT2D eigenvalue weighted by Crippen LogP contribution is 2.18. The molecule has 1 amide bonds. The molecule has 1 aromatic heterocycles. The number of benzene rings is 1. The van der Waals surface area contributed by atoms with Gasteiger partial charge in [-0.1, -0.05) is 18.2 Å². The van der Waals surface area contributed by atoms with Gasteiger partial charge in [-0.15, -0.1) is 0 Å². The molecular formula is C14H18N2O3. The first-order valence-corrected chi connectivity index (χ1v) is 6.22. The topological polar surface area (TPSA) is 77.5 Å². The molecule has 1 atom stereocenters. The summed E-state index contributed by atoms with van der Waals surface area (Å²) < 4.78 is 10.4.